The Kier molecular flexibility index (Phi) is 9.30. The SMILES string of the molecule is CN=C(NCC(C)(C)N1CCC(OC)CC1)N1CCN(c2cccs2)CC1.I. The highest BCUT2D eigenvalue weighted by molar-refractivity contribution is 14.0. The molecule has 2 saturated heterocycles. The molecule has 3 rings (SSSR count). The molecule has 0 bridgehead atoms. The molecule has 28 heavy (non-hydrogen) atoms. The number of hydrogen-bond acceptors (Lipinski definition) is 5. The molecular formula is C20H36IN5OS. The maximum Gasteiger partial charge on any atom is 0.193 e. The Labute approximate surface area is 191 Å². The standard InChI is InChI=1S/C20H35N5OS.HI/c1-20(2,25-9-7-17(26-4)8-10-25)16-22-19(21-3)24-13-11-23(12-14-24)18-6-5-15-27-18;/h5-6,15,17H,7-14,16H2,1-4H3,(H,21,22);1H. The number of nitrogens with one attached hydrogen (secondary N) is 1. The molecule has 2 aliphatic heterocycles. The van der Waals surface area contributed by atoms with Gasteiger partial charge >= 0.3 is 0 Å². The molecule has 8 heteroatoms. The summed E-state index contributed by atoms with van der Waals surface area (Å²) in [6.07, 6.45) is 2.68. The largest absolute Gasteiger partial charge is 0.381 e. The van der Waals surface area contributed by atoms with Gasteiger partial charge in [0.2, 0.25) is 0 Å². The van der Waals surface area contributed by atoms with Gasteiger partial charge in [-0.3, -0.25) is 9.89 Å². The summed E-state index contributed by atoms with van der Waals surface area (Å²) in [5.41, 5.74) is 0.105. The summed E-state index contributed by atoms with van der Waals surface area (Å²) in [5, 5.41) is 7.16. The van der Waals surface area contributed by atoms with Crippen molar-refractivity contribution in [3.63, 3.8) is 0 Å². The van der Waals surface area contributed by atoms with Crippen LogP contribution in [0.3, 0.4) is 0 Å². The van der Waals surface area contributed by atoms with E-state index in [1.165, 1.54) is 5.00 Å². The Morgan fingerprint density at radius 3 is 2.43 bits per heavy atom. The molecule has 6 nitrogen and oxygen atoms in total. The molecule has 0 saturated carbocycles. The number of piperazine rings is 1. The van der Waals surface area contributed by atoms with Crippen LogP contribution in [0.15, 0.2) is 22.5 Å². The van der Waals surface area contributed by atoms with Crippen LogP contribution in [-0.4, -0.2) is 87.4 Å². The molecule has 2 fully saturated rings. The zero-order valence-electron chi connectivity index (χ0n) is 17.7. The van der Waals surface area contributed by atoms with Crippen molar-refractivity contribution >= 4 is 46.3 Å². The first-order chi connectivity index (χ1) is 13.0. The maximum atomic E-state index is 5.51. The van der Waals surface area contributed by atoms with E-state index in [1.54, 1.807) is 0 Å². The van der Waals surface area contributed by atoms with E-state index in [9.17, 15) is 0 Å². The lowest BCUT2D eigenvalue weighted by molar-refractivity contribution is 0.00765. The highest BCUT2D eigenvalue weighted by Gasteiger charge is 2.31. The number of piperidine rings is 1. The molecule has 0 unspecified atom stereocenters. The Hall–Kier alpha value is -0.580. The maximum absolute atomic E-state index is 5.51. The van der Waals surface area contributed by atoms with E-state index in [2.05, 4.69) is 56.4 Å². The molecule has 0 radical (unpaired) electrons. The monoisotopic (exact) mass is 521 g/mol. The van der Waals surface area contributed by atoms with Crippen molar-refractivity contribution in [1.29, 1.82) is 0 Å². The Morgan fingerprint density at radius 2 is 1.89 bits per heavy atom. The second kappa shape index (κ2) is 11.0. The summed E-state index contributed by atoms with van der Waals surface area (Å²) in [7, 11) is 3.72. The normalized spacial score (nSPS) is 20.2. The lowest BCUT2D eigenvalue weighted by Gasteiger charge is -2.44. The third-order valence-electron chi connectivity index (χ3n) is 5.92. The smallest absolute Gasteiger partial charge is 0.193 e. The predicted octanol–water partition coefficient (Wildman–Crippen LogP) is 2.95. The lowest BCUT2D eigenvalue weighted by Crippen LogP contribution is -2.58. The van der Waals surface area contributed by atoms with Gasteiger partial charge in [0.1, 0.15) is 0 Å². The van der Waals surface area contributed by atoms with Crippen LogP contribution in [0.2, 0.25) is 0 Å². The van der Waals surface area contributed by atoms with Gasteiger partial charge in [-0.25, -0.2) is 0 Å². The molecule has 0 atom stereocenters. The summed E-state index contributed by atoms with van der Waals surface area (Å²) >= 11 is 1.82. The van der Waals surface area contributed by atoms with E-state index in [1.807, 2.05) is 25.5 Å². The summed E-state index contributed by atoms with van der Waals surface area (Å²) < 4.78 is 5.51. The van der Waals surface area contributed by atoms with E-state index in [0.717, 1.165) is 64.6 Å². The fourth-order valence-corrected chi connectivity index (χ4v) is 4.81. The van der Waals surface area contributed by atoms with E-state index < -0.39 is 0 Å². The van der Waals surface area contributed by atoms with Crippen LogP contribution in [0.4, 0.5) is 5.00 Å². The Morgan fingerprint density at radius 1 is 1.21 bits per heavy atom. The zero-order chi connectivity index (χ0) is 19.3. The van der Waals surface area contributed by atoms with Gasteiger partial charge in [0.25, 0.3) is 0 Å². The van der Waals surface area contributed by atoms with Gasteiger partial charge in [0, 0.05) is 65.5 Å². The first-order valence-electron chi connectivity index (χ1n) is 10.1. The van der Waals surface area contributed by atoms with Crippen molar-refractivity contribution in [1.82, 2.24) is 15.1 Å². The van der Waals surface area contributed by atoms with Gasteiger partial charge in [-0.15, -0.1) is 35.3 Å². The van der Waals surface area contributed by atoms with E-state index >= 15 is 0 Å². The predicted molar refractivity (Wildman–Crippen MR) is 131 cm³/mol. The summed E-state index contributed by atoms with van der Waals surface area (Å²) in [6.45, 7) is 11.9. The lowest BCUT2D eigenvalue weighted by atomic mass is 9.97. The third-order valence-corrected chi connectivity index (χ3v) is 6.85. The second-order valence-corrected chi connectivity index (χ2v) is 8.99. The number of nitrogens with zero attached hydrogens (tertiary/aromatic N) is 4. The van der Waals surface area contributed by atoms with Crippen LogP contribution in [0, 0.1) is 0 Å². The van der Waals surface area contributed by atoms with Crippen LogP contribution < -0.4 is 10.2 Å². The number of guanidine groups is 1. The van der Waals surface area contributed by atoms with Crippen LogP contribution >= 0.6 is 35.3 Å². The van der Waals surface area contributed by atoms with Crippen molar-refractivity contribution in [3.8, 4) is 0 Å². The van der Waals surface area contributed by atoms with E-state index in [4.69, 9.17) is 4.74 Å². The van der Waals surface area contributed by atoms with Crippen LogP contribution in [0.5, 0.6) is 0 Å². The van der Waals surface area contributed by atoms with Gasteiger partial charge in [-0.1, -0.05) is 0 Å². The molecule has 160 valence electrons. The summed E-state index contributed by atoms with van der Waals surface area (Å²) in [5.74, 6) is 1.03. The fraction of sp³-hybridized carbons (Fsp3) is 0.750. The fourth-order valence-electron chi connectivity index (χ4n) is 4.02. The number of likely N-dealkylation sites (tertiary alicyclic amines) is 1. The van der Waals surface area contributed by atoms with Crippen molar-refractivity contribution in [2.24, 2.45) is 4.99 Å². The quantitative estimate of drug-likeness (QED) is 0.367. The number of aliphatic imine (C=N–C) groups is 1. The minimum absolute atomic E-state index is 0. The molecule has 0 aromatic carbocycles. The number of rotatable bonds is 5. The van der Waals surface area contributed by atoms with Gasteiger partial charge in [0.15, 0.2) is 5.96 Å². The molecule has 1 aromatic rings. The number of methoxy groups -OCH3 is 1. The number of hydrogen-bond donors (Lipinski definition) is 1. The molecule has 1 N–H and O–H groups in total. The van der Waals surface area contributed by atoms with Gasteiger partial charge in [0.05, 0.1) is 11.1 Å². The van der Waals surface area contributed by atoms with Crippen LogP contribution in [0.25, 0.3) is 0 Å². The second-order valence-electron chi connectivity index (χ2n) is 8.06. The minimum atomic E-state index is 0. The van der Waals surface area contributed by atoms with E-state index in [-0.39, 0.29) is 29.5 Å². The summed E-state index contributed by atoms with van der Waals surface area (Å²) in [4.78, 5) is 12.0. The number of anilines is 1. The first-order valence-corrected chi connectivity index (χ1v) is 10.9. The average molecular weight is 522 g/mol. The molecule has 0 aliphatic carbocycles. The van der Waals surface area contributed by atoms with Crippen molar-refractivity contribution in [2.45, 2.75) is 38.3 Å². The van der Waals surface area contributed by atoms with E-state index in [0.29, 0.717) is 6.10 Å². The van der Waals surface area contributed by atoms with Gasteiger partial charge in [-0.2, -0.15) is 0 Å². The zero-order valence-corrected chi connectivity index (χ0v) is 20.8. The molecule has 0 spiro atoms. The Balaban J connectivity index is 0.00000280. The number of ether oxygens (including phenoxy) is 1. The molecule has 1 aromatic heterocycles. The van der Waals surface area contributed by atoms with Crippen molar-refractivity contribution < 1.29 is 4.74 Å². The Bertz CT molecular complexity index is 594. The van der Waals surface area contributed by atoms with Gasteiger partial charge < -0.3 is 19.9 Å². The van der Waals surface area contributed by atoms with Crippen molar-refractivity contribution in [3.05, 3.63) is 17.5 Å². The molecular weight excluding hydrogens is 485 g/mol. The first kappa shape index (κ1) is 23.7. The van der Waals surface area contributed by atoms with Crippen LogP contribution in [-0.2, 0) is 4.74 Å². The minimum Gasteiger partial charge on any atom is -0.381 e. The number of thiophene rings is 1. The van der Waals surface area contributed by atoms with Crippen LogP contribution in [0.1, 0.15) is 26.7 Å². The number of halogens is 1. The molecule has 0 amide bonds. The summed E-state index contributed by atoms with van der Waals surface area (Å²) in [6, 6.07) is 4.34. The average Bonchev–Trinajstić information content (AvgIpc) is 3.24. The molecule has 3 heterocycles. The highest BCUT2D eigenvalue weighted by Crippen LogP contribution is 2.23. The molecule has 2 aliphatic rings. The van der Waals surface area contributed by atoms with Gasteiger partial charge in [-0.05, 0) is 44.2 Å². The highest BCUT2D eigenvalue weighted by atomic mass is 127. The van der Waals surface area contributed by atoms with Crippen molar-refractivity contribution in [2.75, 3.05) is 64.9 Å². The third kappa shape index (κ3) is 5.96. The topological polar surface area (TPSA) is 43.3 Å².